The summed E-state index contributed by atoms with van der Waals surface area (Å²) in [5, 5.41) is 6.97. The number of nitrogens with one attached hydrogen (secondary N) is 2. The van der Waals surface area contributed by atoms with Gasteiger partial charge in [0.2, 0.25) is 0 Å². The maximum atomic E-state index is 13.9. The topological polar surface area (TPSA) is 97.1 Å². The third kappa shape index (κ3) is 5.18. The number of nitrogens with two attached hydrogens (primary N) is 1. The number of carbonyl (C=O) groups is 2. The number of pyridine rings is 1. The molecule has 0 bridgehead atoms. The van der Waals surface area contributed by atoms with E-state index in [1.165, 1.54) is 16.9 Å². The Balaban J connectivity index is 1.66. The van der Waals surface area contributed by atoms with Gasteiger partial charge in [-0.3, -0.25) is 9.59 Å². The molecule has 2 heterocycles. The zero-order valence-electron chi connectivity index (χ0n) is 22.7. The van der Waals surface area contributed by atoms with Gasteiger partial charge in [-0.1, -0.05) is 66.6 Å². The van der Waals surface area contributed by atoms with Gasteiger partial charge >= 0.3 is 0 Å². The van der Waals surface area contributed by atoms with Gasteiger partial charge < -0.3 is 16.4 Å². The van der Waals surface area contributed by atoms with Crippen LogP contribution in [0.1, 0.15) is 49.3 Å². The molecule has 5 aromatic rings. The number of anilines is 3. The molecule has 0 aliphatic carbocycles. The molecule has 0 saturated heterocycles. The highest BCUT2D eigenvalue weighted by Gasteiger charge is 2.28. The molecule has 8 heteroatoms. The summed E-state index contributed by atoms with van der Waals surface area (Å²) in [6, 6.07) is 20.8. The van der Waals surface area contributed by atoms with E-state index in [0.29, 0.717) is 53.9 Å². The van der Waals surface area contributed by atoms with Crippen LogP contribution in [0.4, 0.5) is 17.1 Å². The highest BCUT2D eigenvalue weighted by molar-refractivity contribution is 7.21. The first-order valence-electron chi connectivity index (χ1n) is 12.9. The van der Waals surface area contributed by atoms with Crippen molar-refractivity contribution < 1.29 is 9.59 Å². The van der Waals surface area contributed by atoms with Gasteiger partial charge in [-0.2, -0.15) is 0 Å². The van der Waals surface area contributed by atoms with Crippen LogP contribution in [0.5, 0.6) is 0 Å². The first-order chi connectivity index (χ1) is 19.2. The number of rotatable bonds is 6. The van der Waals surface area contributed by atoms with Crippen molar-refractivity contribution in [1.29, 1.82) is 0 Å². The molecule has 3 aromatic carbocycles. The molecule has 0 fully saturated rings. The second-order valence-corrected chi connectivity index (χ2v) is 11.1. The molecule has 0 saturated carbocycles. The van der Waals surface area contributed by atoms with Gasteiger partial charge in [0.1, 0.15) is 9.71 Å². The van der Waals surface area contributed by atoms with Crippen molar-refractivity contribution in [3.05, 3.63) is 105 Å². The minimum Gasteiger partial charge on any atom is -0.397 e. The summed E-state index contributed by atoms with van der Waals surface area (Å²) < 4.78 is 0. The molecule has 0 atom stereocenters. The van der Waals surface area contributed by atoms with Gasteiger partial charge in [0.25, 0.3) is 11.8 Å². The number of hydrogen-bond donors (Lipinski definition) is 3. The highest BCUT2D eigenvalue weighted by Crippen LogP contribution is 2.44. The van der Waals surface area contributed by atoms with E-state index in [2.05, 4.69) is 17.6 Å². The van der Waals surface area contributed by atoms with Crippen molar-refractivity contribution in [3.8, 4) is 11.1 Å². The maximum absolute atomic E-state index is 13.9. The first-order valence-corrected chi connectivity index (χ1v) is 14.1. The zero-order chi connectivity index (χ0) is 28.6. The van der Waals surface area contributed by atoms with E-state index in [1.807, 2.05) is 74.5 Å². The number of aromatic nitrogens is 1. The Hall–Kier alpha value is -4.20. The third-order valence-corrected chi connectivity index (χ3v) is 8.31. The minimum atomic E-state index is -0.339. The molecular formula is C32H29ClN4O2S. The first kappa shape index (κ1) is 27.4. The van der Waals surface area contributed by atoms with Crippen LogP contribution in [-0.4, -0.2) is 16.8 Å². The minimum absolute atomic E-state index is 0.255. The summed E-state index contributed by atoms with van der Waals surface area (Å²) >= 11 is 7.87. The predicted octanol–water partition coefficient (Wildman–Crippen LogP) is 8.19. The number of nitrogen functional groups attached to an aromatic ring is 1. The quantitative estimate of drug-likeness (QED) is 0.192. The number of nitrogens with zero attached hydrogens (tertiary/aromatic N) is 1. The van der Waals surface area contributed by atoms with Gasteiger partial charge in [-0.15, -0.1) is 11.3 Å². The van der Waals surface area contributed by atoms with E-state index in [-0.39, 0.29) is 17.5 Å². The van der Waals surface area contributed by atoms with Crippen molar-refractivity contribution >= 4 is 62.0 Å². The number of hydrogen-bond acceptors (Lipinski definition) is 5. The molecule has 0 unspecified atom stereocenters. The Kier molecular flexibility index (Phi) is 7.61. The number of carbonyl (C=O) groups excluding carboxylic acids is 2. The van der Waals surface area contributed by atoms with Crippen molar-refractivity contribution in [3.63, 3.8) is 0 Å². The summed E-state index contributed by atoms with van der Waals surface area (Å²) in [6.07, 6.45) is 0.909. The lowest BCUT2D eigenvalue weighted by Crippen LogP contribution is -2.17. The average Bonchev–Trinajstić information content (AvgIpc) is 3.26. The van der Waals surface area contributed by atoms with Crippen LogP contribution in [-0.2, 0) is 6.42 Å². The molecule has 5 rings (SSSR count). The molecule has 202 valence electrons. The van der Waals surface area contributed by atoms with Gasteiger partial charge in [-0.05, 0) is 62.6 Å². The molecule has 0 radical (unpaired) electrons. The largest absolute Gasteiger partial charge is 0.397 e. The summed E-state index contributed by atoms with van der Waals surface area (Å²) in [5.41, 5.74) is 13.6. The summed E-state index contributed by atoms with van der Waals surface area (Å²) in [5.74, 6) is -0.671. The fraction of sp³-hybridized carbons (Fsp3) is 0.156. The molecule has 40 heavy (non-hydrogen) atoms. The Bertz CT molecular complexity index is 1780. The molecule has 6 nitrogen and oxygen atoms in total. The van der Waals surface area contributed by atoms with E-state index in [4.69, 9.17) is 22.3 Å². The summed E-state index contributed by atoms with van der Waals surface area (Å²) in [4.78, 5) is 32.8. The lowest BCUT2D eigenvalue weighted by molar-refractivity contribution is 0.102. The van der Waals surface area contributed by atoms with Crippen LogP contribution >= 0.6 is 22.9 Å². The fourth-order valence-electron chi connectivity index (χ4n) is 4.80. The SMILES string of the molecule is CCc1ccc(NC(=O)c2sc3nc(C)c(C(=O)Nc4ccc(C)cc4C)c(-c4ccccc4Cl)c3c2N)cc1. The number of thiophene rings is 1. The molecule has 2 aromatic heterocycles. The van der Waals surface area contributed by atoms with Crippen LogP contribution < -0.4 is 16.4 Å². The molecule has 0 spiro atoms. The highest BCUT2D eigenvalue weighted by atomic mass is 35.5. The van der Waals surface area contributed by atoms with Crippen molar-refractivity contribution in [2.75, 3.05) is 16.4 Å². The normalized spacial score (nSPS) is 11.0. The van der Waals surface area contributed by atoms with Crippen LogP contribution in [0.2, 0.25) is 5.02 Å². The monoisotopic (exact) mass is 568 g/mol. The predicted molar refractivity (Wildman–Crippen MR) is 167 cm³/mol. The average molecular weight is 569 g/mol. The molecule has 0 aliphatic rings. The lowest BCUT2D eigenvalue weighted by Gasteiger charge is -2.16. The van der Waals surface area contributed by atoms with E-state index < -0.39 is 0 Å². The standard InChI is InChI=1S/C32H29ClN4O2S/c1-5-20-11-13-21(14-12-20)36-31(39)29-28(34)27-26(22-8-6-7-9-23(22)33)25(19(4)35-32(27)40-29)30(38)37-24-15-10-17(2)16-18(24)3/h6-16H,5,34H2,1-4H3,(H,36,39)(H,37,38). The summed E-state index contributed by atoms with van der Waals surface area (Å²) in [6.45, 7) is 7.81. The van der Waals surface area contributed by atoms with E-state index >= 15 is 0 Å². The Morgan fingerprint density at radius 3 is 2.35 bits per heavy atom. The van der Waals surface area contributed by atoms with Crippen LogP contribution in [0.15, 0.2) is 66.7 Å². The number of aryl methyl sites for hydroxylation is 4. The van der Waals surface area contributed by atoms with E-state index in [1.54, 1.807) is 13.0 Å². The van der Waals surface area contributed by atoms with Crippen LogP contribution in [0.3, 0.4) is 0 Å². The Morgan fingerprint density at radius 2 is 1.68 bits per heavy atom. The molecule has 0 aliphatic heterocycles. The number of amides is 2. The van der Waals surface area contributed by atoms with Crippen molar-refractivity contribution in [1.82, 2.24) is 4.98 Å². The van der Waals surface area contributed by atoms with Crippen molar-refractivity contribution in [2.24, 2.45) is 0 Å². The second kappa shape index (κ2) is 11.1. The summed E-state index contributed by atoms with van der Waals surface area (Å²) in [7, 11) is 0. The van der Waals surface area contributed by atoms with Crippen LogP contribution in [0, 0.1) is 20.8 Å². The van der Waals surface area contributed by atoms with Gasteiger partial charge in [-0.25, -0.2) is 4.98 Å². The van der Waals surface area contributed by atoms with E-state index in [9.17, 15) is 9.59 Å². The van der Waals surface area contributed by atoms with Crippen LogP contribution in [0.25, 0.3) is 21.3 Å². The van der Waals surface area contributed by atoms with E-state index in [0.717, 1.165) is 17.5 Å². The molecule has 4 N–H and O–H groups in total. The number of benzene rings is 3. The smallest absolute Gasteiger partial charge is 0.267 e. The van der Waals surface area contributed by atoms with Crippen molar-refractivity contribution in [2.45, 2.75) is 34.1 Å². The van der Waals surface area contributed by atoms with Gasteiger partial charge in [0.15, 0.2) is 0 Å². The van der Waals surface area contributed by atoms with Gasteiger partial charge in [0.05, 0.1) is 16.9 Å². The zero-order valence-corrected chi connectivity index (χ0v) is 24.3. The maximum Gasteiger partial charge on any atom is 0.267 e. The second-order valence-electron chi connectivity index (χ2n) is 9.73. The Morgan fingerprint density at radius 1 is 0.950 bits per heavy atom. The molecular weight excluding hydrogens is 540 g/mol. The fourth-order valence-corrected chi connectivity index (χ4v) is 6.07. The number of halogens is 1. The number of fused-ring (bicyclic) bond motifs is 1. The third-order valence-electron chi connectivity index (χ3n) is 6.88. The Labute approximate surface area is 242 Å². The van der Waals surface area contributed by atoms with Gasteiger partial charge in [0, 0.05) is 32.9 Å². The molecule has 2 amide bonds. The lowest BCUT2D eigenvalue weighted by atomic mass is 9.94.